The van der Waals surface area contributed by atoms with Crippen LogP contribution >= 0.6 is 0 Å². The van der Waals surface area contributed by atoms with Crippen molar-refractivity contribution in [3.05, 3.63) is 35.8 Å². The number of amides is 3. The van der Waals surface area contributed by atoms with Gasteiger partial charge in [0.1, 0.15) is 17.6 Å². The van der Waals surface area contributed by atoms with E-state index in [-0.39, 0.29) is 53.2 Å². The number of piperidine rings is 1. The first-order chi connectivity index (χ1) is 15.7. The molecule has 5 atom stereocenters. The lowest BCUT2D eigenvalue weighted by molar-refractivity contribution is -0.128. The van der Waals surface area contributed by atoms with Crippen LogP contribution in [0.5, 0.6) is 0 Å². The number of hydrogen-bond acceptors (Lipinski definition) is 4. The fourth-order valence-corrected chi connectivity index (χ4v) is 5.86. The molecule has 3 amide bonds. The van der Waals surface area contributed by atoms with E-state index in [1.807, 2.05) is 0 Å². The van der Waals surface area contributed by atoms with Gasteiger partial charge in [0.05, 0.1) is 12.6 Å². The number of nitrogens with zero attached hydrogens (tertiary/aromatic N) is 1. The summed E-state index contributed by atoms with van der Waals surface area (Å²) < 4.78 is 14.1. The normalized spacial score (nSPS) is 28.5. The molecule has 3 fully saturated rings. The number of aromatic nitrogens is 1. The average Bonchev–Trinajstić information content (AvgIpc) is 3.30. The number of H-pyrrole nitrogens is 1. The maximum Gasteiger partial charge on any atom is 0.271 e. The summed E-state index contributed by atoms with van der Waals surface area (Å²) in [5.41, 5.74) is 0.707. The van der Waals surface area contributed by atoms with Gasteiger partial charge in [0.15, 0.2) is 0 Å². The molecule has 176 valence electrons. The number of carbonyl (C=O) groups is 3. The zero-order valence-electron chi connectivity index (χ0n) is 18.7. The van der Waals surface area contributed by atoms with Crippen LogP contribution in [0.1, 0.15) is 37.2 Å². The monoisotopic (exact) mass is 456 g/mol. The third kappa shape index (κ3) is 3.58. The predicted molar refractivity (Wildman–Crippen MR) is 119 cm³/mol. The van der Waals surface area contributed by atoms with Gasteiger partial charge >= 0.3 is 0 Å². The Kier molecular flexibility index (Phi) is 5.19. The molecule has 0 spiro atoms. The first-order valence-corrected chi connectivity index (χ1v) is 11.5. The molecule has 0 radical (unpaired) electrons. The van der Waals surface area contributed by atoms with Crippen molar-refractivity contribution in [3.63, 3.8) is 0 Å². The third-order valence-corrected chi connectivity index (χ3v) is 7.88. The van der Waals surface area contributed by atoms with Gasteiger partial charge < -0.3 is 25.6 Å². The van der Waals surface area contributed by atoms with Crippen LogP contribution in [0.3, 0.4) is 0 Å². The molecular weight excluding hydrogens is 427 g/mol. The van der Waals surface area contributed by atoms with E-state index in [1.54, 1.807) is 17.0 Å². The number of carbonyl (C=O) groups excluding carboxylic acids is 3. The summed E-state index contributed by atoms with van der Waals surface area (Å²) in [5.74, 6) is -1.16. The number of rotatable bonds is 6. The van der Waals surface area contributed by atoms with Crippen LogP contribution in [-0.2, 0) is 9.59 Å². The van der Waals surface area contributed by atoms with Crippen molar-refractivity contribution >= 4 is 28.6 Å². The van der Waals surface area contributed by atoms with E-state index in [2.05, 4.69) is 29.5 Å². The van der Waals surface area contributed by atoms with Crippen LogP contribution in [0, 0.1) is 29.0 Å². The van der Waals surface area contributed by atoms with Crippen molar-refractivity contribution in [2.24, 2.45) is 23.2 Å². The molecule has 0 bridgehead atoms. The summed E-state index contributed by atoms with van der Waals surface area (Å²) in [6, 6.07) is 4.87. The Bertz CT molecular complexity index is 1130. The van der Waals surface area contributed by atoms with Crippen LogP contribution in [-0.4, -0.2) is 64.5 Å². The lowest BCUT2D eigenvalue weighted by Gasteiger charge is -2.31. The SMILES string of the molecule is CC1(C)[C@@H]2[C@@H](C(=O)N[C@H](CO)C[C@@H]3CCNC3=O)N(C(=O)c3cc4c(F)cccc4[nH]3)C[C@@H]21. The van der Waals surface area contributed by atoms with Crippen molar-refractivity contribution < 1.29 is 23.9 Å². The minimum Gasteiger partial charge on any atom is -0.394 e. The zero-order valence-corrected chi connectivity index (χ0v) is 18.7. The van der Waals surface area contributed by atoms with Gasteiger partial charge in [0.25, 0.3) is 5.91 Å². The van der Waals surface area contributed by atoms with E-state index >= 15 is 0 Å². The Morgan fingerprint density at radius 3 is 2.82 bits per heavy atom. The molecule has 1 aliphatic carbocycles. The van der Waals surface area contributed by atoms with Crippen LogP contribution in [0.15, 0.2) is 24.3 Å². The molecule has 2 aromatic rings. The number of likely N-dealkylation sites (tertiary alicyclic amines) is 1. The van der Waals surface area contributed by atoms with E-state index in [9.17, 15) is 23.9 Å². The maximum absolute atomic E-state index is 14.1. The molecule has 5 rings (SSSR count). The van der Waals surface area contributed by atoms with Crippen LogP contribution in [0.2, 0.25) is 0 Å². The third-order valence-electron chi connectivity index (χ3n) is 7.88. The van der Waals surface area contributed by atoms with E-state index in [1.165, 1.54) is 12.1 Å². The summed E-state index contributed by atoms with van der Waals surface area (Å²) in [4.78, 5) is 43.2. The van der Waals surface area contributed by atoms with Gasteiger partial charge in [-0.15, -0.1) is 0 Å². The summed E-state index contributed by atoms with van der Waals surface area (Å²) in [6.45, 7) is 4.95. The van der Waals surface area contributed by atoms with Crippen molar-refractivity contribution in [1.29, 1.82) is 0 Å². The van der Waals surface area contributed by atoms with Gasteiger partial charge in [-0.25, -0.2) is 4.39 Å². The molecular formula is C24H29FN4O4. The molecule has 3 aliphatic rings. The summed E-state index contributed by atoms with van der Waals surface area (Å²) >= 11 is 0. The number of aliphatic hydroxyl groups excluding tert-OH is 1. The fourth-order valence-electron chi connectivity index (χ4n) is 5.86. The molecule has 1 saturated carbocycles. The Balaban J connectivity index is 1.36. The minimum absolute atomic E-state index is 0.0108. The number of fused-ring (bicyclic) bond motifs is 2. The number of halogens is 1. The van der Waals surface area contributed by atoms with Crippen LogP contribution < -0.4 is 10.6 Å². The second-order valence-corrected chi connectivity index (χ2v) is 10.1. The number of aliphatic hydroxyl groups is 1. The van der Waals surface area contributed by atoms with Gasteiger partial charge in [0.2, 0.25) is 11.8 Å². The van der Waals surface area contributed by atoms with Crippen molar-refractivity contribution in [3.8, 4) is 0 Å². The highest BCUT2D eigenvalue weighted by Crippen LogP contribution is 2.65. The van der Waals surface area contributed by atoms with Gasteiger partial charge in [-0.2, -0.15) is 0 Å². The highest BCUT2D eigenvalue weighted by Gasteiger charge is 2.69. The number of aromatic amines is 1. The first-order valence-electron chi connectivity index (χ1n) is 11.5. The Morgan fingerprint density at radius 2 is 2.15 bits per heavy atom. The van der Waals surface area contributed by atoms with Gasteiger partial charge in [-0.1, -0.05) is 19.9 Å². The van der Waals surface area contributed by atoms with Crippen molar-refractivity contribution in [2.45, 2.75) is 38.8 Å². The summed E-state index contributed by atoms with van der Waals surface area (Å²) in [5, 5.41) is 15.8. The summed E-state index contributed by atoms with van der Waals surface area (Å²) in [6.07, 6.45) is 1.03. The van der Waals surface area contributed by atoms with E-state index in [0.717, 1.165) is 0 Å². The molecule has 9 heteroatoms. The molecule has 1 aromatic heterocycles. The second-order valence-electron chi connectivity index (χ2n) is 10.1. The highest BCUT2D eigenvalue weighted by atomic mass is 19.1. The van der Waals surface area contributed by atoms with Crippen molar-refractivity contribution in [2.75, 3.05) is 19.7 Å². The molecule has 1 aromatic carbocycles. The van der Waals surface area contributed by atoms with E-state index in [0.29, 0.717) is 36.8 Å². The molecule has 0 unspecified atom stereocenters. The van der Waals surface area contributed by atoms with Crippen LogP contribution in [0.25, 0.3) is 10.9 Å². The summed E-state index contributed by atoms with van der Waals surface area (Å²) in [7, 11) is 0. The molecule has 8 nitrogen and oxygen atoms in total. The number of benzene rings is 1. The Labute approximate surface area is 190 Å². The predicted octanol–water partition coefficient (Wildman–Crippen LogP) is 1.41. The highest BCUT2D eigenvalue weighted by molar-refractivity contribution is 6.01. The van der Waals surface area contributed by atoms with Gasteiger partial charge in [0, 0.05) is 29.9 Å². The standard InChI is InChI=1S/C24H29FN4O4/c1-24(2)15-10-29(23(33)18-9-14-16(25)4-3-5-17(14)28-18)20(19(15)24)22(32)27-13(11-30)8-12-6-7-26-21(12)31/h3-5,9,12-13,15,19-20,28,30H,6-8,10-11H2,1-2H3,(H,26,31)(H,27,32)/t12-,13-,15-,19-,20-/m0/s1. The lowest BCUT2D eigenvalue weighted by atomic mass is 9.97. The van der Waals surface area contributed by atoms with Gasteiger partial charge in [-0.3, -0.25) is 14.4 Å². The van der Waals surface area contributed by atoms with Crippen LogP contribution in [0.4, 0.5) is 4.39 Å². The quantitative estimate of drug-likeness (QED) is 0.526. The number of nitrogens with one attached hydrogen (secondary N) is 3. The first kappa shape index (κ1) is 21.9. The molecule has 4 N–H and O–H groups in total. The van der Waals surface area contributed by atoms with Crippen molar-refractivity contribution in [1.82, 2.24) is 20.5 Å². The van der Waals surface area contributed by atoms with Gasteiger partial charge in [-0.05, 0) is 48.3 Å². The van der Waals surface area contributed by atoms with E-state index < -0.39 is 17.9 Å². The van der Waals surface area contributed by atoms with E-state index in [4.69, 9.17) is 0 Å². The molecule has 2 saturated heterocycles. The average molecular weight is 457 g/mol. The zero-order chi connectivity index (χ0) is 23.5. The molecule has 3 heterocycles. The number of hydrogen-bond donors (Lipinski definition) is 4. The molecule has 2 aliphatic heterocycles. The molecule has 33 heavy (non-hydrogen) atoms. The Morgan fingerprint density at radius 1 is 1.36 bits per heavy atom. The fraction of sp³-hybridized carbons (Fsp3) is 0.542. The minimum atomic E-state index is -0.680. The Hall–Kier alpha value is -2.94. The lowest BCUT2D eigenvalue weighted by Crippen LogP contribution is -2.53. The smallest absolute Gasteiger partial charge is 0.271 e. The second kappa shape index (κ2) is 7.83. The topological polar surface area (TPSA) is 115 Å². The maximum atomic E-state index is 14.1. The largest absolute Gasteiger partial charge is 0.394 e.